The van der Waals surface area contributed by atoms with Crippen molar-refractivity contribution < 1.29 is 33.6 Å². The number of hydrogen-bond donors (Lipinski definition) is 1. The minimum atomic E-state index is -0.803. The van der Waals surface area contributed by atoms with Gasteiger partial charge in [-0.25, -0.2) is 0 Å². The third-order valence-corrected chi connectivity index (χ3v) is 8.19. The zero-order valence-corrected chi connectivity index (χ0v) is 26.1. The van der Waals surface area contributed by atoms with Crippen LogP contribution in [0.2, 0.25) is 0 Å². The summed E-state index contributed by atoms with van der Waals surface area (Å²) < 4.78 is 23.0. The lowest BCUT2D eigenvalue weighted by atomic mass is 9.95. The number of benzene rings is 3. The Labute approximate surface area is 265 Å². The standard InChI is InChI=1S/C36H42N2O7/c1-3-4-8-21-44-30-16-13-28(24-31(30)42-2)33-32(35(40)36(41)38(33)18-17-37-19-22-43-23-20-37)34(39)27-11-14-29(15-12-27)45-25-26-9-6-5-7-10-26/h5-7,9-16,24,33,39H,3-4,8,17-23,25H2,1-2H3. The number of ketones is 1. The quantitative estimate of drug-likeness (QED) is 0.109. The van der Waals surface area contributed by atoms with Crippen molar-refractivity contribution in [1.82, 2.24) is 9.80 Å². The fraction of sp³-hybridized carbons (Fsp3) is 0.389. The van der Waals surface area contributed by atoms with Crippen LogP contribution in [-0.2, 0) is 20.9 Å². The van der Waals surface area contributed by atoms with Crippen LogP contribution in [0, 0.1) is 0 Å². The number of unbranched alkanes of at least 4 members (excludes halogenated alkanes) is 2. The summed E-state index contributed by atoms with van der Waals surface area (Å²) in [6, 6.07) is 21.3. The molecular weight excluding hydrogens is 572 g/mol. The molecule has 238 valence electrons. The average Bonchev–Trinajstić information content (AvgIpc) is 3.34. The lowest BCUT2D eigenvalue weighted by Crippen LogP contribution is -2.42. The molecule has 45 heavy (non-hydrogen) atoms. The van der Waals surface area contributed by atoms with Crippen LogP contribution in [0.5, 0.6) is 17.2 Å². The zero-order chi connectivity index (χ0) is 31.6. The van der Waals surface area contributed by atoms with Gasteiger partial charge in [0, 0.05) is 31.7 Å². The Kier molecular flexibility index (Phi) is 11.1. The predicted molar refractivity (Wildman–Crippen MR) is 171 cm³/mol. The Morgan fingerprint density at radius 1 is 0.911 bits per heavy atom. The molecule has 2 aliphatic heterocycles. The predicted octanol–water partition coefficient (Wildman–Crippen LogP) is 5.60. The van der Waals surface area contributed by atoms with Gasteiger partial charge >= 0.3 is 0 Å². The average molecular weight is 615 g/mol. The van der Waals surface area contributed by atoms with E-state index in [1.165, 1.54) is 0 Å². The maximum Gasteiger partial charge on any atom is 0.295 e. The van der Waals surface area contributed by atoms with E-state index >= 15 is 0 Å². The molecule has 3 aromatic carbocycles. The minimum Gasteiger partial charge on any atom is -0.507 e. The summed E-state index contributed by atoms with van der Waals surface area (Å²) in [6.07, 6.45) is 3.09. The molecule has 0 saturated carbocycles. The highest BCUT2D eigenvalue weighted by molar-refractivity contribution is 6.46. The van der Waals surface area contributed by atoms with E-state index in [9.17, 15) is 14.7 Å². The van der Waals surface area contributed by atoms with Crippen LogP contribution in [-0.4, -0.2) is 79.7 Å². The first-order valence-electron chi connectivity index (χ1n) is 15.7. The van der Waals surface area contributed by atoms with Crippen LogP contribution in [0.3, 0.4) is 0 Å². The summed E-state index contributed by atoms with van der Waals surface area (Å²) in [4.78, 5) is 30.9. The van der Waals surface area contributed by atoms with Crippen molar-refractivity contribution in [2.45, 2.75) is 38.8 Å². The lowest BCUT2D eigenvalue weighted by molar-refractivity contribution is -0.140. The van der Waals surface area contributed by atoms with Gasteiger partial charge in [0.2, 0.25) is 0 Å². The van der Waals surface area contributed by atoms with Gasteiger partial charge in [-0.05, 0) is 53.9 Å². The number of carbonyl (C=O) groups excluding carboxylic acids is 2. The van der Waals surface area contributed by atoms with Crippen molar-refractivity contribution in [2.24, 2.45) is 0 Å². The Morgan fingerprint density at radius 3 is 2.38 bits per heavy atom. The first-order chi connectivity index (χ1) is 22.0. The molecule has 0 bridgehead atoms. The first-order valence-corrected chi connectivity index (χ1v) is 15.7. The third-order valence-electron chi connectivity index (χ3n) is 8.19. The maximum absolute atomic E-state index is 13.6. The zero-order valence-electron chi connectivity index (χ0n) is 26.1. The lowest BCUT2D eigenvalue weighted by Gasteiger charge is -2.31. The monoisotopic (exact) mass is 614 g/mol. The molecule has 1 atom stereocenters. The second-order valence-electron chi connectivity index (χ2n) is 11.2. The summed E-state index contributed by atoms with van der Waals surface area (Å²) in [5, 5.41) is 11.6. The van der Waals surface area contributed by atoms with Gasteiger partial charge in [0.05, 0.1) is 38.5 Å². The molecule has 0 radical (unpaired) electrons. The second kappa shape index (κ2) is 15.6. The van der Waals surface area contributed by atoms with Gasteiger partial charge in [0.15, 0.2) is 11.5 Å². The summed E-state index contributed by atoms with van der Waals surface area (Å²) >= 11 is 0. The summed E-state index contributed by atoms with van der Waals surface area (Å²) in [6.45, 7) is 6.77. The van der Waals surface area contributed by atoms with Crippen molar-refractivity contribution in [3.05, 3.63) is 95.1 Å². The molecule has 2 heterocycles. The molecule has 9 heteroatoms. The van der Waals surface area contributed by atoms with Gasteiger partial charge in [-0.15, -0.1) is 0 Å². The van der Waals surface area contributed by atoms with E-state index in [-0.39, 0.29) is 11.3 Å². The molecule has 0 spiro atoms. The number of rotatable bonds is 14. The number of carbonyl (C=O) groups is 2. The number of nitrogens with zero attached hydrogens (tertiary/aromatic N) is 2. The van der Waals surface area contributed by atoms with Crippen molar-refractivity contribution in [1.29, 1.82) is 0 Å². The number of methoxy groups -OCH3 is 1. The highest BCUT2D eigenvalue weighted by Gasteiger charge is 2.46. The van der Waals surface area contributed by atoms with E-state index in [2.05, 4.69) is 11.8 Å². The molecule has 2 fully saturated rings. The van der Waals surface area contributed by atoms with Crippen molar-refractivity contribution in [3.63, 3.8) is 0 Å². The molecular formula is C36H42N2O7. The fourth-order valence-corrected chi connectivity index (χ4v) is 5.64. The molecule has 1 unspecified atom stereocenters. The minimum absolute atomic E-state index is 0.0404. The van der Waals surface area contributed by atoms with Gasteiger partial charge < -0.3 is 29.0 Å². The topological polar surface area (TPSA) is 97.8 Å². The number of hydrogen-bond acceptors (Lipinski definition) is 8. The van der Waals surface area contributed by atoms with Crippen LogP contribution >= 0.6 is 0 Å². The molecule has 9 nitrogen and oxygen atoms in total. The molecule has 5 rings (SSSR count). The smallest absolute Gasteiger partial charge is 0.295 e. The largest absolute Gasteiger partial charge is 0.507 e. The van der Waals surface area contributed by atoms with E-state index in [0.717, 1.165) is 37.9 Å². The van der Waals surface area contributed by atoms with E-state index < -0.39 is 17.7 Å². The van der Waals surface area contributed by atoms with Crippen LogP contribution in [0.25, 0.3) is 5.76 Å². The number of morpholine rings is 1. The molecule has 2 saturated heterocycles. The van der Waals surface area contributed by atoms with Gasteiger partial charge in [-0.2, -0.15) is 0 Å². The van der Waals surface area contributed by atoms with E-state index in [4.69, 9.17) is 18.9 Å². The second-order valence-corrected chi connectivity index (χ2v) is 11.2. The van der Waals surface area contributed by atoms with Gasteiger partial charge in [-0.3, -0.25) is 14.5 Å². The van der Waals surface area contributed by atoms with Gasteiger partial charge in [-0.1, -0.05) is 56.2 Å². The van der Waals surface area contributed by atoms with Crippen molar-refractivity contribution >= 4 is 17.4 Å². The van der Waals surface area contributed by atoms with Crippen molar-refractivity contribution in [2.75, 3.05) is 53.1 Å². The van der Waals surface area contributed by atoms with E-state index in [0.29, 0.717) is 67.9 Å². The first kappa shape index (κ1) is 32.1. The molecule has 1 N–H and O–H groups in total. The SMILES string of the molecule is CCCCCOc1ccc(C2C(=C(O)c3ccc(OCc4ccccc4)cc3)C(=O)C(=O)N2CCN2CCOCC2)cc1OC. The molecule has 0 aromatic heterocycles. The molecule has 0 aliphatic carbocycles. The number of aliphatic hydroxyl groups is 1. The van der Waals surface area contributed by atoms with Crippen LogP contribution < -0.4 is 14.2 Å². The van der Waals surface area contributed by atoms with Crippen LogP contribution in [0.15, 0.2) is 78.4 Å². The Bertz CT molecular complexity index is 1470. The maximum atomic E-state index is 13.6. The summed E-state index contributed by atoms with van der Waals surface area (Å²) in [5.74, 6) is 0.119. The number of ether oxygens (including phenoxy) is 4. The highest BCUT2D eigenvalue weighted by Crippen LogP contribution is 2.42. The number of amides is 1. The molecule has 1 amide bonds. The number of aliphatic hydroxyl groups excluding tert-OH is 1. The van der Waals surface area contributed by atoms with E-state index in [1.807, 2.05) is 36.4 Å². The Hall–Kier alpha value is -4.34. The third kappa shape index (κ3) is 7.85. The molecule has 2 aliphatic rings. The number of Topliss-reactive ketones (excluding diaryl/α,β-unsaturated/α-hetero) is 1. The van der Waals surface area contributed by atoms with Crippen LogP contribution in [0.4, 0.5) is 0 Å². The van der Waals surface area contributed by atoms with Gasteiger partial charge in [0.25, 0.3) is 11.7 Å². The molecule has 3 aromatic rings. The van der Waals surface area contributed by atoms with E-state index in [1.54, 1.807) is 48.4 Å². The van der Waals surface area contributed by atoms with Crippen molar-refractivity contribution in [3.8, 4) is 17.2 Å². The highest BCUT2D eigenvalue weighted by atomic mass is 16.5. The summed E-state index contributed by atoms with van der Waals surface area (Å²) in [5.41, 5.74) is 2.15. The van der Waals surface area contributed by atoms with Gasteiger partial charge in [0.1, 0.15) is 18.1 Å². The Balaban J connectivity index is 1.44. The van der Waals surface area contributed by atoms with Crippen LogP contribution in [0.1, 0.15) is 48.9 Å². The summed E-state index contributed by atoms with van der Waals surface area (Å²) in [7, 11) is 1.56. The Morgan fingerprint density at radius 2 is 1.67 bits per heavy atom. The fourth-order valence-electron chi connectivity index (χ4n) is 5.64. The normalized spacial score (nSPS) is 18.3. The number of likely N-dealkylation sites (tertiary alicyclic amines) is 1.